The fourth-order valence-corrected chi connectivity index (χ4v) is 4.87. The first-order chi connectivity index (χ1) is 11.1. The second-order valence-electron chi connectivity index (χ2n) is 6.20. The zero-order valence-corrected chi connectivity index (χ0v) is 14.8. The van der Waals surface area contributed by atoms with Crippen molar-refractivity contribution in [1.82, 2.24) is 4.90 Å². The molecule has 2 aliphatic rings. The van der Waals surface area contributed by atoms with E-state index in [1.54, 1.807) is 12.1 Å². The molecule has 0 aromatic heterocycles. The van der Waals surface area contributed by atoms with Crippen molar-refractivity contribution in [3.8, 4) is 5.75 Å². The first-order valence-corrected chi connectivity index (χ1v) is 9.60. The number of benzene rings is 1. The standard InChI is InChI=1S/C15H17ClN2O5S/c1-15(14(20)18(2)10-5-6-24(21,22)8-10)13(19)17-11-7-9(16)3-4-12(11)23-15/h3-4,7,10H,5-6,8H2,1-2H3,(H,17,19). The minimum absolute atomic E-state index is 0.0421. The van der Waals surface area contributed by atoms with Crippen LogP contribution in [0, 0.1) is 0 Å². The van der Waals surface area contributed by atoms with Crippen LogP contribution < -0.4 is 10.1 Å². The molecule has 2 aliphatic heterocycles. The van der Waals surface area contributed by atoms with Gasteiger partial charge in [-0.3, -0.25) is 9.59 Å². The Morgan fingerprint density at radius 3 is 2.79 bits per heavy atom. The van der Waals surface area contributed by atoms with E-state index in [0.717, 1.165) is 0 Å². The van der Waals surface area contributed by atoms with Gasteiger partial charge in [-0.1, -0.05) is 11.6 Å². The van der Waals surface area contributed by atoms with Crippen LogP contribution in [0.3, 0.4) is 0 Å². The summed E-state index contributed by atoms with van der Waals surface area (Å²) in [6.07, 6.45) is 0.356. The Labute approximate surface area is 144 Å². The third kappa shape index (κ3) is 2.84. The van der Waals surface area contributed by atoms with E-state index in [2.05, 4.69) is 5.32 Å². The summed E-state index contributed by atoms with van der Waals surface area (Å²) in [5.41, 5.74) is -1.37. The molecule has 1 aromatic carbocycles. The quantitative estimate of drug-likeness (QED) is 0.784. The lowest BCUT2D eigenvalue weighted by Gasteiger charge is -2.37. The Hall–Kier alpha value is -1.80. The number of rotatable bonds is 2. The first-order valence-electron chi connectivity index (χ1n) is 7.40. The Kier molecular flexibility index (Phi) is 4.00. The highest BCUT2D eigenvalue weighted by atomic mass is 35.5. The van der Waals surface area contributed by atoms with Gasteiger partial charge in [-0.25, -0.2) is 8.42 Å². The highest BCUT2D eigenvalue weighted by Gasteiger charge is 2.50. The van der Waals surface area contributed by atoms with Crippen LogP contribution in [0.15, 0.2) is 18.2 Å². The van der Waals surface area contributed by atoms with Gasteiger partial charge in [0.1, 0.15) is 5.75 Å². The second kappa shape index (κ2) is 5.63. The minimum Gasteiger partial charge on any atom is -0.466 e. The molecule has 0 radical (unpaired) electrons. The summed E-state index contributed by atoms with van der Waals surface area (Å²) in [6.45, 7) is 1.38. The van der Waals surface area contributed by atoms with Crippen LogP contribution in [-0.4, -0.2) is 55.3 Å². The number of fused-ring (bicyclic) bond motifs is 1. The molecular weight excluding hydrogens is 356 g/mol. The lowest BCUT2D eigenvalue weighted by molar-refractivity contribution is -0.154. The van der Waals surface area contributed by atoms with Gasteiger partial charge in [0.15, 0.2) is 9.84 Å². The average Bonchev–Trinajstić information content (AvgIpc) is 2.87. The molecule has 130 valence electrons. The molecule has 2 unspecified atom stereocenters. The van der Waals surface area contributed by atoms with Crippen LogP contribution in [0.5, 0.6) is 5.75 Å². The predicted molar refractivity (Wildman–Crippen MR) is 88.9 cm³/mol. The fraction of sp³-hybridized carbons (Fsp3) is 0.467. The molecule has 0 spiro atoms. The molecule has 2 atom stereocenters. The van der Waals surface area contributed by atoms with E-state index in [4.69, 9.17) is 16.3 Å². The number of sulfone groups is 1. The molecule has 0 saturated carbocycles. The number of carbonyl (C=O) groups is 2. The third-order valence-corrected chi connectivity index (χ3v) is 6.41. The van der Waals surface area contributed by atoms with Crippen LogP contribution in [0.4, 0.5) is 5.69 Å². The largest absolute Gasteiger partial charge is 0.466 e. The topological polar surface area (TPSA) is 92.8 Å². The second-order valence-corrected chi connectivity index (χ2v) is 8.87. The van der Waals surface area contributed by atoms with Gasteiger partial charge in [0.25, 0.3) is 17.4 Å². The van der Waals surface area contributed by atoms with E-state index in [1.165, 1.54) is 24.9 Å². The predicted octanol–water partition coefficient (Wildman–Crippen LogP) is 1.08. The van der Waals surface area contributed by atoms with E-state index in [1.807, 2.05) is 0 Å². The molecule has 3 rings (SSSR count). The van der Waals surface area contributed by atoms with Crippen molar-refractivity contribution in [2.24, 2.45) is 0 Å². The summed E-state index contributed by atoms with van der Waals surface area (Å²) in [5.74, 6) is -0.917. The molecule has 1 aromatic rings. The van der Waals surface area contributed by atoms with E-state index >= 15 is 0 Å². The number of halogens is 1. The number of hydrogen-bond donors (Lipinski definition) is 1. The summed E-state index contributed by atoms with van der Waals surface area (Å²) in [5, 5.41) is 3.05. The molecule has 1 saturated heterocycles. The van der Waals surface area contributed by atoms with Gasteiger partial charge >= 0.3 is 0 Å². The SMILES string of the molecule is CN(C(=O)C1(C)Oc2ccc(Cl)cc2NC1=O)C1CCS(=O)(=O)C1. The van der Waals surface area contributed by atoms with Gasteiger partial charge in [0.2, 0.25) is 0 Å². The number of carbonyl (C=O) groups excluding carboxylic acids is 2. The molecular formula is C15H17ClN2O5S. The highest BCUT2D eigenvalue weighted by Crippen LogP contribution is 2.36. The lowest BCUT2D eigenvalue weighted by Crippen LogP contribution is -2.60. The molecule has 0 aliphatic carbocycles. The average molecular weight is 373 g/mol. The van der Waals surface area contributed by atoms with Crippen molar-refractivity contribution in [1.29, 1.82) is 0 Å². The molecule has 24 heavy (non-hydrogen) atoms. The zero-order chi connectivity index (χ0) is 17.7. The molecule has 7 nitrogen and oxygen atoms in total. The van der Waals surface area contributed by atoms with Gasteiger partial charge in [0, 0.05) is 18.1 Å². The van der Waals surface area contributed by atoms with Gasteiger partial charge in [-0.15, -0.1) is 0 Å². The molecule has 1 N–H and O–H groups in total. The van der Waals surface area contributed by atoms with Crippen molar-refractivity contribution in [2.75, 3.05) is 23.9 Å². The maximum absolute atomic E-state index is 12.8. The Balaban J connectivity index is 1.86. The zero-order valence-electron chi connectivity index (χ0n) is 13.2. The maximum Gasteiger partial charge on any atom is 0.278 e. The molecule has 2 heterocycles. The van der Waals surface area contributed by atoms with Gasteiger partial charge in [-0.05, 0) is 31.5 Å². The molecule has 1 fully saturated rings. The van der Waals surface area contributed by atoms with Gasteiger partial charge in [-0.2, -0.15) is 0 Å². The van der Waals surface area contributed by atoms with Crippen LogP contribution in [0.1, 0.15) is 13.3 Å². The number of amides is 2. The van der Waals surface area contributed by atoms with Crippen molar-refractivity contribution in [3.05, 3.63) is 23.2 Å². The molecule has 2 amide bonds. The van der Waals surface area contributed by atoms with Crippen LogP contribution >= 0.6 is 11.6 Å². The Morgan fingerprint density at radius 2 is 2.17 bits per heavy atom. The summed E-state index contributed by atoms with van der Waals surface area (Å²) >= 11 is 5.88. The molecule has 0 bridgehead atoms. The fourth-order valence-electron chi connectivity index (χ4n) is 2.92. The highest BCUT2D eigenvalue weighted by molar-refractivity contribution is 7.91. The van der Waals surface area contributed by atoms with Crippen molar-refractivity contribution >= 4 is 38.9 Å². The van der Waals surface area contributed by atoms with E-state index in [0.29, 0.717) is 22.9 Å². The van der Waals surface area contributed by atoms with Gasteiger partial charge < -0.3 is 15.0 Å². The number of nitrogens with one attached hydrogen (secondary N) is 1. The van der Waals surface area contributed by atoms with Crippen LogP contribution in [-0.2, 0) is 19.4 Å². The van der Waals surface area contributed by atoms with E-state index < -0.39 is 33.3 Å². The minimum atomic E-state index is -3.14. The van der Waals surface area contributed by atoms with Crippen LogP contribution in [0.25, 0.3) is 0 Å². The van der Waals surface area contributed by atoms with Crippen molar-refractivity contribution < 1.29 is 22.7 Å². The number of nitrogens with zero attached hydrogens (tertiary/aromatic N) is 1. The third-order valence-electron chi connectivity index (χ3n) is 4.42. The normalized spacial score (nSPS) is 27.8. The summed E-state index contributed by atoms with van der Waals surface area (Å²) < 4.78 is 28.9. The summed E-state index contributed by atoms with van der Waals surface area (Å²) in [7, 11) is -1.65. The Bertz CT molecular complexity index is 825. The van der Waals surface area contributed by atoms with E-state index in [9.17, 15) is 18.0 Å². The lowest BCUT2D eigenvalue weighted by atomic mass is 10.00. The first kappa shape index (κ1) is 17.0. The van der Waals surface area contributed by atoms with Crippen molar-refractivity contribution in [2.45, 2.75) is 25.0 Å². The Morgan fingerprint density at radius 1 is 1.46 bits per heavy atom. The number of ether oxygens (including phenoxy) is 1. The molecule has 9 heteroatoms. The summed E-state index contributed by atoms with van der Waals surface area (Å²) in [4.78, 5) is 26.6. The number of hydrogen-bond acceptors (Lipinski definition) is 5. The number of anilines is 1. The van der Waals surface area contributed by atoms with Gasteiger partial charge in [0.05, 0.1) is 17.2 Å². The number of likely N-dealkylation sites (N-methyl/N-ethyl adjacent to an activating group) is 1. The maximum atomic E-state index is 12.8. The van der Waals surface area contributed by atoms with Crippen molar-refractivity contribution in [3.63, 3.8) is 0 Å². The van der Waals surface area contributed by atoms with Crippen LogP contribution in [0.2, 0.25) is 5.02 Å². The van der Waals surface area contributed by atoms with E-state index in [-0.39, 0.29) is 11.5 Å². The smallest absolute Gasteiger partial charge is 0.278 e. The summed E-state index contributed by atoms with van der Waals surface area (Å²) in [6, 6.07) is 4.24. The monoisotopic (exact) mass is 372 g/mol.